The second-order valence-corrected chi connectivity index (χ2v) is 5.05. The maximum Gasteiger partial charge on any atom is 0.317 e. The number of hydrogen-bond acceptors (Lipinski definition) is 3. The molecule has 0 aliphatic carbocycles. The summed E-state index contributed by atoms with van der Waals surface area (Å²) in [4.78, 5) is 24.6. The Morgan fingerprint density at radius 1 is 1.50 bits per heavy atom. The van der Waals surface area contributed by atoms with E-state index in [1.54, 1.807) is 11.2 Å². The number of amides is 3. The summed E-state index contributed by atoms with van der Waals surface area (Å²) in [6, 6.07) is 3.82. The minimum atomic E-state index is -0.0581. The van der Waals surface area contributed by atoms with Gasteiger partial charge in [-0.05, 0) is 25.0 Å². The number of nitrogens with zero attached hydrogens (tertiary/aromatic N) is 1. The first kappa shape index (κ1) is 14.4. The highest BCUT2D eigenvalue weighted by Gasteiger charge is 2.26. The van der Waals surface area contributed by atoms with Gasteiger partial charge in [-0.3, -0.25) is 4.79 Å². The maximum absolute atomic E-state index is 11.9. The molecule has 6 nitrogen and oxygen atoms in total. The first-order valence-electron chi connectivity index (χ1n) is 6.97. The number of aryl methyl sites for hydroxylation is 1. The molecule has 0 radical (unpaired) electrons. The Hall–Kier alpha value is -1.98. The molecule has 6 heteroatoms. The molecule has 1 unspecified atom stereocenters. The van der Waals surface area contributed by atoms with Crippen LogP contribution in [0.2, 0.25) is 0 Å². The zero-order chi connectivity index (χ0) is 14.4. The van der Waals surface area contributed by atoms with Crippen LogP contribution in [0.3, 0.4) is 0 Å². The molecule has 20 heavy (non-hydrogen) atoms. The lowest BCUT2D eigenvalue weighted by Gasteiger charge is -2.17. The van der Waals surface area contributed by atoms with Gasteiger partial charge in [0.25, 0.3) is 0 Å². The molecule has 1 aromatic rings. The molecule has 1 fully saturated rings. The number of rotatable bonds is 5. The average Bonchev–Trinajstić information content (AvgIpc) is 3.04. The summed E-state index contributed by atoms with van der Waals surface area (Å²) in [6.45, 7) is 3.40. The van der Waals surface area contributed by atoms with Gasteiger partial charge >= 0.3 is 6.03 Å². The van der Waals surface area contributed by atoms with Gasteiger partial charge in [0.2, 0.25) is 5.91 Å². The highest BCUT2D eigenvalue weighted by atomic mass is 16.3. The van der Waals surface area contributed by atoms with Crippen LogP contribution in [0, 0.1) is 0 Å². The minimum Gasteiger partial charge on any atom is -0.469 e. The van der Waals surface area contributed by atoms with E-state index in [0.29, 0.717) is 19.6 Å². The number of carbonyl (C=O) groups excluding carboxylic acids is 2. The first-order chi connectivity index (χ1) is 9.65. The van der Waals surface area contributed by atoms with E-state index >= 15 is 0 Å². The van der Waals surface area contributed by atoms with E-state index < -0.39 is 0 Å². The normalized spacial score (nSPS) is 18.1. The number of likely N-dealkylation sites (tertiary alicyclic amines) is 1. The molecule has 1 atom stereocenters. The molecule has 110 valence electrons. The quantitative estimate of drug-likeness (QED) is 0.793. The third kappa shape index (κ3) is 4.29. The van der Waals surface area contributed by atoms with Crippen LogP contribution in [0.1, 0.15) is 25.5 Å². The SMILES string of the molecule is CC(=O)NC1CCN(C(=O)NCCCc2ccco2)C1. The highest BCUT2D eigenvalue weighted by Crippen LogP contribution is 2.09. The summed E-state index contributed by atoms with van der Waals surface area (Å²) < 4.78 is 5.23. The molecule has 2 heterocycles. The van der Waals surface area contributed by atoms with Gasteiger partial charge in [-0.2, -0.15) is 0 Å². The lowest BCUT2D eigenvalue weighted by molar-refractivity contribution is -0.119. The van der Waals surface area contributed by atoms with Crippen molar-refractivity contribution >= 4 is 11.9 Å². The van der Waals surface area contributed by atoms with Crippen LogP contribution in [-0.4, -0.2) is 42.5 Å². The van der Waals surface area contributed by atoms with Crippen molar-refractivity contribution in [3.05, 3.63) is 24.2 Å². The summed E-state index contributed by atoms with van der Waals surface area (Å²) in [5, 5.41) is 5.73. The van der Waals surface area contributed by atoms with E-state index in [1.807, 2.05) is 12.1 Å². The summed E-state index contributed by atoms with van der Waals surface area (Å²) in [5.41, 5.74) is 0. The third-order valence-electron chi connectivity index (χ3n) is 3.34. The summed E-state index contributed by atoms with van der Waals surface area (Å²) in [7, 11) is 0. The van der Waals surface area contributed by atoms with Gasteiger partial charge in [0.15, 0.2) is 0 Å². The van der Waals surface area contributed by atoms with E-state index in [1.165, 1.54) is 6.92 Å². The molecule has 0 aromatic carbocycles. The van der Waals surface area contributed by atoms with E-state index in [9.17, 15) is 9.59 Å². The Morgan fingerprint density at radius 3 is 3.05 bits per heavy atom. The van der Waals surface area contributed by atoms with Crippen molar-refractivity contribution in [1.82, 2.24) is 15.5 Å². The number of furan rings is 1. The number of hydrogen-bond donors (Lipinski definition) is 2. The fraction of sp³-hybridized carbons (Fsp3) is 0.571. The van der Waals surface area contributed by atoms with Gasteiger partial charge in [0, 0.05) is 39.0 Å². The van der Waals surface area contributed by atoms with E-state index in [-0.39, 0.29) is 18.0 Å². The number of carbonyl (C=O) groups is 2. The van der Waals surface area contributed by atoms with E-state index in [2.05, 4.69) is 10.6 Å². The van der Waals surface area contributed by atoms with E-state index in [0.717, 1.165) is 25.0 Å². The molecule has 0 spiro atoms. The van der Waals surface area contributed by atoms with Crippen LogP contribution >= 0.6 is 0 Å². The molecule has 0 bridgehead atoms. The largest absolute Gasteiger partial charge is 0.469 e. The van der Waals surface area contributed by atoms with Crippen LogP contribution < -0.4 is 10.6 Å². The zero-order valence-electron chi connectivity index (χ0n) is 11.7. The number of urea groups is 1. The molecule has 3 amide bonds. The minimum absolute atomic E-state index is 0.0456. The Balaban J connectivity index is 1.62. The van der Waals surface area contributed by atoms with Crippen molar-refractivity contribution in [2.75, 3.05) is 19.6 Å². The van der Waals surface area contributed by atoms with Gasteiger partial charge in [-0.25, -0.2) is 4.79 Å². The van der Waals surface area contributed by atoms with Crippen LogP contribution in [0.15, 0.2) is 22.8 Å². The van der Waals surface area contributed by atoms with Gasteiger partial charge < -0.3 is 20.0 Å². The summed E-state index contributed by atoms with van der Waals surface area (Å²) in [5.74, 6) is 0.891. The van der Waals surface area contributed by atoms with Crippen molar-refractivity contribution in [3.8, 4) is 0 Å². The highest BCUT2D eigenvalue weighted by molar-refractivity contribution is 5.75. The van der Waals surface area contributed by atoms with Gasteiger partial charge in [-0.15, -0.1) is 0 Å². The van der Waals surface area contributed by atoms with Gasteiger partial charge in [-0.1, -0.05) is 0 Å². The third-order valence-corrected chi connectivity index (χ3v) is 3.34. The molecule has 1 saturated heterocycles. The Bertz CT molecular complexity index is 445. The standard InChI is InChI=1S/C14H21N3O3/c1-11(18)16-12-6-8-17(10-12)14(19)15-7-2-4-13-5-3-9-20-13/h3,5,9,12H,2,4,6-8,10H2,1H3,(H,15,19)(H,16,18). The Labute approximate surface area is 118 Å². The fourth-order valence-corrected chi connectivity index (χ4v) is 2.37. The lowest BCUT2D eigenvalue weighted by Crippen LogP contribution is -2.42. The summed E-state index contributed by atoms with van der Waals surface area (Å²) in [6.07, 6.45) is 4.14. The molecule has 1 aliphatic rings. The molecular formula is C14H21N3O3. The molecular weight excluding hydrogens is 258 g/mol. The van der Waals surface area contributed by atoms with Crippen LogP contribution in [0.25, 0.3) is 0 Å². The molecule has 2 N–H and O–H groups in total. The molecule has 1 aliphatic heterocycles. The van der Waals surface area contributed by atoms with Crippen molar-refractivity contribution in [1.29, 1.82) is 0 Å². The summed E-state index contributed by atoms with van der Waals surface area (Å²) >= 11 is 0. The lowest BCUT2D eigenvalue weighted by atomic mass is 10.2. The topological polar surface area (TPSA) is 74.6 Å². The number of nitrogens with one attached hydrogen (secondary N) is 2. The average molecular weight is 279 g/mol. The Morgan fingerprint density at radius 2 is 2.35 bits per heavy atom. The fourth-order valence-electron chi connectivity index (χ4n) is 2.37. The molecule has 2 rings (SSSR count). The van der Waals surface area contributed by atoms with Crippen LogP contribution in [-0.2, 0) is 11.2 Å². The molecule has 0 saturated carbocycles. The second-order valence-electron chi connectivity index (χ2n) is 5.05. The van der Waals surface area contributed by atoms with Gasteiger partial charge in [0.05, 0.1) is 6.26 Å². The van der Waals surface area contributed by atoms with Gasteiger partial charge in [0.1, 0.15) is 5.76 Å². The predicted octanol–water partition coefficient (Wildman–Crippen LogP) is 1.13. The zero-order valence-corrected chi connectivity index (χ0v) is 11.7. The Kier molecular flexibility index (Phi) is 5.03. The predicted molar refractivity (Wildman–Crippen MR) is 74.2 cm³/mol. The van der Waals surface area contributed by atoms with Crippen LogP contribution in [0.5, 0.6) is 0 Å². The van der Waals surface area contributed by atoms with Crippen molar-refractivity contribution in [2.24, 2.45) is 0 Å². The van der Waals surface area contributed by atoms with Crippen molar-refractivity contribution < 1.29 is 14.0 Å². The first-order valence-corrected chi connectivity index (χ1v) is 6.97. The van der Waals surface area contributed by atoms with E-state index in [4.69, 9.17) is 4.42 Å². The smallest absolute Gasteiger partial charge is 0.317 e. The second kappa shape index (κ2) is 6.98. The molecule has 1 aromatic heterocycles. The van der Waals surface area contributed by atoms with Crippen molar-refractivity contribution in [3.63, 3.8) is 0 Å². The van der Waals surface area contributed by atoms with Crippen molar-refractivity contribution in [2.45, 2.75) is 32.2 Å². The monoisotopic (exact) mass is 279 g/mol. The van der Waals surface area contributed by atoms with Crippen LogP contribution in [0.4, 0.5) is 4.79 Å². The maximum atomic E-state index is 11.9.